The molecule has 0 spiro atoms. The maximum Gasteiger partial charge on any atom is 0.191 e. The summed E-state index contributed by atoms with van der Waals surface area (Å²) >= 11 is 8.37. The molecule has 1 atom stereocenters. The highest BCUT2D eigenvalue weighted by Crippen LogP contribution is 2.37. The van der Waals surface area contributed by atoms with Crippen molar-refractivity contribution in [3.63, 3.8) is 0 Å². The van der Waals surface area contributed by atoms with E-state index >= 15 is 0 Å². The van der Waals surface area contributed by atoms with Crippen molar-refractivity contribution in [2.75, 3.05) is 32.6 Å². The van der Waals surface area contributed by atoms with Gasteiger partial charge < -0.3 is 20.1 Å². The molecule has 0 bridgehead atoms. The molecule has 2 N–H and O–H groups in total. The van der Waals surface area contributed by atoms with E-state index in [2.05, 4.69) is 15.6 Å². The Balaban J connectivity index is 0.00000225. The van der Waals surface area contributed by atoms with Gasteiger partial charge >= 0.3 is 0 Å². The smallest absolute Gasteiger partial charge is 0.191 e. The summed E-state index contributed by atoms with van der Waals surface area (Å²) in [6.07, 6.45) is 3.47. The molecule has 1 unspecified atom stereocenters. The first-order valence-corrected chi connectivity index (χ1v) is 9.83. The molecule has 8 heteroatoms. The Morgan fingerprint density at radius 2 is 2.12 bits per heavy atom. The summed E-state index contributed by atoms with van der Waals surface area (Å²) in [5, 5.41) is 8.02. The Morgan fingerprint density at radius 1 is 1.28 bits per heavy atom. The van der Waals surface area contributed by atoms with E-state index in [9.17, 15) is 0 Å². The summed E-state index contributed by atoms with van der Waals surface area (Å²) in [5.41, 5.74) is 1.04. The average Bonchev–Trinajstić information content (AvgIpc) is 2.99. The van der Waals surface area contributed by atoms with Crippen molar-refractivity contribution in [1.82, 2.24) is 10.6 Å². The second-order valence-electron chi connectivity index (χ2n) is 5.90. The zero-order valence-electron chi connectivity index (χ0n) is 14.3. The zero-order chi connectivity index (χ0) is 16.8. The van der Waals surface area contributed by atoms with Gasteiger partial charge in [-0.1, -0.05) is 11.6 Å². The molecule has 25 heavy (non-hydrogen) atoms. The van der Waals surface area contributed by atoms with Crippen LogP contribution in [0, 0.1) is 0 Å². The van der Waals surface area contributed by atoms with Crippen molar-refractivity contribution < 1.29 is 9.47 Å². The highest BCUT2D eigenvalue weighted by atomic mass is 127. The molecule has 140 valence electrons. The van der Waals surface area contributed by atoms with Gasteiger partial charge in [-0.2, -0.15) is 11.8 Å². The van der Waals surface area contributed by atoms with Crippen LogP contribution in [0.3, 0.4) is 0 Å². The number of ether oxygens (including phenoxy) is 2. The Labute approximate surface area is 175 Å². The third-order valence-electron chi connectivity index (χ3n) is 4.07. The quantitative estimate of drug-likeness (QED) is 0.378. The maximum atomic E-state index is 6.33. The number of guanidine groups is 1. The van der Waals surface area contributed by atoms with Gasteiger partial charge in [0.2, 0.25) is 0 Å². The molecule has 2 heterocycles. The third kappa shape index (κ3) is 5.99. The fraction of sp³-hybridized carbons (Fsp3) is 0.588. The van der Waals surface area contributed by atoms with Crippen molar-refractivity contribution in [2.45, 2.75) is 31.1 Å². The van der Waals surface area contributed by atoms with Crippen LogP contribution in [-0.4, -0.2) is 43.8 Å². The van der Waals surface area contributed by atoms with Crippen molar-refractivity contribution in [1.29, 1.82) is 0 Å². The number of aliphatic imine (C=N–C) groups is 1. The summed E-state index contributed by atoms with van der Waals surface area (Å²) in [5.74, 6) is 3.46. The van der Waals surface area contributed by atoms with Crippen LogP contribution >= 0.6 is 47.3 Å². The summed E-state index contributed by atoms with van der Waals surface area (Å²) < 4.78 is 11.4. The van der Waals surface area contributed by atoms with Gasteiger partial charge in [-0.05, 0) is 36.3 Å². The third-order valence-corrected chi connectivity index (χ3v) is 5.75. The molecule has 0 radical (unpaired) electrons. The number of hydrogen-bond donors (Lipinski definition) is 2. The van der Waals surface area contributed by atoms with Crippen molar-refractivity contribution in [3.05, 3.63) is 22.7 Å². The van der Waals surface area contributed by atoms with Crippen LogP contribution in [0.2, 0.25) is 5.02 Å². The van der Waals surface area contributed by atoms with Crippen molar-refractivity contribution in [2.24, 2.45) is 4.99 Å². The van der Waals surface area contributed by atoms with Crippen LogP contribution < -0.4 is 20.1 Å². The number of hydrogen-bond acceptors (Lipinski definition) is 4. The summed E-state index contributed by atoms with van der Waals surface area (Å²) in [7, 11) is 1.79. The van der Waals surface area contributed by atoms with E-state index in [0.717, 1.165) is 30.2 Å². The number of halogens is 2. The summed E-state index contributed by atoms with van der Waals surface area (Å²) in [4.78, 5) is 4.29. The number of fused-ring (bicyclic) bond motifs is 1. The van der Waals surface area contributed by atoms with Gasteiger partial charge in [-0.15, -0.1) is 24.0 Å². The van der Waals surface area contributed by atoms with Crippen molar-refractivity contribution >= 4 is 53.3 Å². The lowest BCUT2D eigenvalue weighted by Gasteiger charge is -2.16. The molecular formula is C17H25ClIN3O2S. The maximum absolute atomic E-state index is 6.33. The number of thioether (sulfide) groups is 1. The molecule has 1 aromatic rings. The molecule has 0 saturated carbocycles. The van der Waals surface area contributed by atoms with E-state index in [1.165, 1.54) is 18.6 Å². The number of benzene rings is 1. The van der Waals surface area contributed by atoms with Gasteiger partial charge in [0.25, 0.3) is 0 Å². The van der Waals surface area contributed by atoms with Crippen LogP contribution in [0.4, 0.5) is 0 Å². The molecule has 0 aliphatic carbocycles. The molecule has 1 aromatic carbocycles. The van der Waals surface area contributed by atoms with Gasteiger partial charge in [0, 0.05) is 31.8 Å². The molecule has 5 nitrogen and oxygen atoms in total. The van der Waals surface area contributed by atoms with Crippen LogP contribution in [0.1, 0.15) is 24.8 Å². The van der Waals surface area contributed by atoms with E-state index in [1.54, 1.807) is 7.05 Å². The minimum atomic E-state index is 0. The summed E-state index contributed by atoms with van der Waals surface area (Å²) in [6.45, 7) is 2.88. The number of nitrogens with zero attached hydrogens (tertiary/aromatic N) is 1. The molecule has 2 aliphatic rings. The lowest BCUT2D eigenvalue weighted by Crippen LogP contribution is -2.39. The van der Waals surface area contributed by atoms with E-state index in [4.69, 9.17) is 21.1 Å². The van der Waals surface area contributed by atoms with Gasteiger partial charge in [-0.25, -0.2) is 0 Å². The Hall–Kier alpha value is -0.540. The predicted molar refractivity (Wildman–Crippen MR) is 116 cm³/mol. The van der Waals surface area contributed by atoms with Crippen LogP contribution in [0.15, 0.2) is 17.1 Å². The Bertz CT molecular complexity index is 598. The zero-order valence-corrected chi connectivity index (χ0v) is 18.2. The molecule has 0 amide bonds. The highest BCUT2D eigenvalue weighted by Gasteiger charge is 2.17. The first-order chi connectivity index (χ1) is 11.8. The predicted octanol–water partition coefficient (Wildman–Crippen LogP) is 3.68. The highest BCUT2D eigenvalue weighted by molar-refractivity contribution is 14.0. The molecular weight excluding hydrogens is 473 g/mol. The monoisotopic (exact) mass is 497 g/mol. The largest absolute Gasteiger partial charge is 0.489 e. The molecule has 1 fully saturated rings. The first-order valence-electron chi connectivity index (χ1n) is 8.40. The second kappa shape index (κ2) is 10.6. The van der Waals surface area contributed by atoms with E-state index in [0.29, 0.717) is 35.8 Å². The Kier molecular flexibility index (Phi) is 8.78. The lowest BCUT2D eigenvalue weighted by atomic mass is 10.2. The normalized spacial score (nSPS) is 19.8. The minimum Gasteiger partial charge on any atom is -0.489 e. The molecule has 1 saturated heterocycles. The number of rotatable bonds is 4. The molecule has 3 rings (SSSR count). The standard InChI is InChI=1S/C17H24ClN3O2S.HI/c1-19-17(21-11-13-4-2-7-24-13)20-10-12-8-14(18)16-15(9-12)22-5-3-6-23-16;/h8-9,13H,2-7,10-11H2,1H3,(H2,19,20,21);1H. The fourth-order valence-electron chi connectivity index (χ4n) is 2.81. The lowest BCUT2D eigenvalue weighted by molar-refractivity contribution is 0.297. The number of nitrogens with one attached hydrogen (secondary N) is 2. The average molecular weight is 498 g/mol. The van der Waals surface area contributed by atoms with E-state index in [-0.39, 0.29) is 24.0 Å². The van der Waals surface area contributed by atoms with Crippen LogP contribution in [-0.2, 0) is 6.54 Å². The van der Waals surface area contributed by atoms with Gasteiger partial charge in [0.15, 0.2) is 17.5 Å². The van der Waals surface area contributed by atoms with Crippen LogP contribution in [0.25, 0.3) is 0 Å². The Morgan fingerprint density at radius 3 is 2.88 bits per heavy atom. The van der Waals surface area contributed by atoms with Gasteiger partial charge in [-0.3, -0.25) is 4.99 Å². The minimum absolute atomic E-state index is 0. The second-order valence-corrected chi connectivity index (χ2v) is 7.71. The molecule has 0 aromatic heterocycles. The van der Waals surface area contributed by atoms with Crippen LogP contribution in [0.5, 0.6) is 11.5 Å². The summed E-state index contributed by atoms with van der Waals surface area (Å²) in [6, 6.07) is 3.90. The van der Waals surface area contributed by atoms with Crippen molar-refractivity contribution in [3.8, 4) is 11.5 Å². The fourth-order valence-corrected chi connectivity index (χ4v) is 4.30. The van der Waals surface area contributed by atoms with E-state index < -0.39 is 0 Å². The molecule has 2 aliphatic heterocycles. The van der Waals surface area contributed by atoms with E-state index in [1.807, 2.05) is 23.9 Å². The van der Waals surface area contributed by atoms with Gasteiger partial charge in [0.1, 0.15) is 0 Å². The first kappa shape index (κ1) is 20.8. The SMILES string of the molecule is CN=C(NCc1cc(Cl)c2c(c1)OCCCO2)NCC1CCCS1.I. The topological polar surface area (TPSA) is 54.9 Å². The van der Waals surface area contributed by atoms with Gasteiger partial charge in [0.05, 0.1) is 18.2 Å².